The Morgan fingerprint density at radius 1 is 1.58 bits per heavy atom. The van der Waals surface area contributed by atoms with Crippen molar-refractivity contribution >= 4 is 11.6 Å². The molecule has 0 bridgehead atoms. The minimum absolute atomic E-state index is 1.16. The number of hydrogen-bond acceptors (Lipinski definition) is 1. The number of aromatic nitrogens is 1. The molecule has 0 saturated heterocycles. The fourth-order valence-corrected chi connectivity index (χ4v) is 1.11. The molecule has 0 amide bonds. The van der Waals surface area contributed by atoms with Crippen molar-refractivity contribution in [2.75, 3.05) is 0 Å². The molecule has 12 heavy (non-hydrogen) atoms. The molecular formula is C11H13N. The normalized spacial score (nSPS) is 14.3. The topological polar surface area (TPSA) is 12.9 Å². The SMILES string of the molecule is C=C/C(C)=c1/ccnc/c1=C/C. The molecule has 0 atom stereocenters. The fourth-order valence-electron chi connectivity index (χ4n) is 1.11. The molecule has 1 nitrogen and oxygen atoms in total. The van der Waals surface area contributed by atoms with Crippen LogP contribution >= 0.6 is 0 Å². The number of allylic oxidation sites excluding steroid dienone is 1. The number of hydrogen-bond donors (Lipinski definition) is 0. The predicted octanol–water partition coefficient (Wildman–Crippen LogP) is 1.24. The van der Waals surface area contributed by atoms with Gasteiger partial charge in [-0.3, -0.25) is 4.98 Å². The molecule has 1 heteroatoms. The third kappa shape index (κ3) is 1.62. The summed E-state index contributed by atoms with van der Waals surface area (Å²) >= 11 is 0. The zero-order valence-corrected chi connectivity index (χ0v) is 7.54. The molecular weight excluding hydrogens is 146 g/mol. The molecule has 0 aliphatic carbocycles. The average Bonchev–Trinajstić information content (AvgIpc) is 2.16. The quantitative estimate of drug-likeness (QED) is 0.600. The molecule has 1 aromatic rings. The van der Waals surface area contributed by atoms with Gasteiger partial charge in [-0.25, -0.2) is 0 Å². The van der Waals surface area contributed by atoms with Crippen molar-refractivity contribution in [1.82, 2.24) is 4.98 Å². The van der Waals surface area contributed by atoms with Crippen LogP contribution in [0, 0.1) is 0 Å². The molecule has 1 heterocycles. The molecule has 0 unspecified atom stereocenters. The van der Waals surface area contributed by atoms with Gasteiger partial charge in [-0.05, 0) is 35.9 Å². The molecule has 0 saturated carbocycles. The van der Waals surface area contributed by atoms with Gasteiger partial charge in [-0.1, -0.05) is 18.7 Å². The van der Waals surface area contributed by atoms with Gasteiger partial charge in [0.25, 0.3) is 0 Å². The van der Waals surface area contributed by atoms with Crippen molar-refractivity contribution in [2.24, 2.45) is 0 Å². The minimum atomic E-state index is 1.16. The van der Waals surface area contributed by atoms with Gasteiger partial charge in [-0.15, -0.1) is 0 Å². The Kier molecular flexibility index (Phi) is 2.81. The summed E-state index contributed by atoms with van der Waals surface area (Å²) in [5.74, 6) is 0. The van der Waals surface area contributed by atoms with Gasteiger partial charge in [0.15, 0.2) is 0 Å². The van der Waals surface area contributed by atoms with Crippen molar-refractivity contribution in [1.29, 1.82) is 0 Å². The van der Waals surface area contributed by atoms with E-state index in [1.54, 1.807) is 6.20 Å². The standard InChI is InChI=1S/C11H13N/c1-4-9(3)11-6-7-12-8-10(11)5-2/h4-8H,1H2,2-3H3/b10-5-,11-9-. The second-order valence-electron chi connectivity index (χ2n) is 2.64. The van der Waals surface area contributed by atoms with E-state index in [0.717, 1.165) is 5.22 Å². The van der Waals surface area contributed by atoms with Crippen LogP contribution < -0.4 is 10.4 Å². The highest BCUT2D eigenvalue weighted by atomic mass is 14.6. The Morgan fingerprint density at radius 3 is 2.92 bits per heavy atom. The van der Waals surface area contributed by atoms with Gasteiger partial charge in [0.1, 0.15) is 0 Å². The highest BCUT2D eigenvalue weighted by Crippen LogP contribution is 1.86. The van der Waals surface area contributed by atoms with Gasteiger partial charge in [0, 0.05) is 12.4 Å². The Hall–Kier alpha value is -1.37. The van der Waals surface area contributed by atoms with Crippen molar-refractivity contribution in [3.8, 4) is 0 Å². The summed E-state index contributed by atoms with van der Waals surface area (Å²) in [6, 6.07) is 2.01. The first-order valence-electron chi connectivity index (χ1n) is 3.99. The zero-order chi connectivity index (χ0) is 8.97. The highest BCUT2D eigenvalue weighted by Gasteiger charge is 1.86. The van der Waals surface area contributed by atoms with E-state index in [4.69, 9.17) is 0 Å². The van der Waals surface area contributed by atoms with Crippen molar-refractivity contribution in [2.45, 2.75) is 13.8 Å². The molecule has 0 spiro atoms. The van der Waals surface area contributed by atoms with E-state index < -0.39 is 0 Å². The monoisotopic (exact) mass is 159 g/mol. The summed E-state index contributed by atoms with van der Waals surface area (Å²) in [6.07, 6.45) is 7.58. The van der Waals surface area contributed by atoms with E-state index in [2.05, 4.69) is 24.6 Å². The van der Waals surface area contributed by atoms with E-state index in [-0.39, 0.29) is 0 Å². The van der Waals surface area contributed by atoms with E-state index in [9.17, 15) is 0 Å². The molecule has 0 aromatic carbocycles. The van der Waals surface area contributed by atoms with Crippen LogP contribution in [0.2, 0.25) is 0 Å². The van der Waals surface area contributed by atoms with Gasteiger partial charge >= 0.3 is 0 Å². The third-order valence-electron chi connectivity index (χ3n) is 1.89. The molecule has 0 aliphatic heterocycles. The van der Waals surface area contributed by atoms with Crippen LogP contribution in [0.25, 0.3) is 11.6 Å². The molecule has 0 N–H and O–H groups in total. The predicted molar refractivity (Wildman–Crippen MR) is 52.9 cm³/mol. The van der Waals surface area contributed by atoms with Crippen molar-refractivity contribution in [3.05, 3.63) is 41.6 Å². The molecule has 1 aromatic heterocycles. The van der Waals surface area contributed by atoms with Crippen LogP contribution in [0.15, 0.2) is 31.1 Å². The maximum Gasteiger partial charge on any atom is 0.0343 e. The summed E-state index contributed by atoms with van der Waals surface area (Å²) in [5.41, 5.74) is 1.19. The lowest BCUT2D eigenvalue weighted by molar-refractivity contribution is 1.26. The maximum absolute atomic E-state index is 4.05. The van der Waals surface area contributed by atoms with Crippen LogP contribution in [0.5, 0.6) is 0 Å². The van der Waals surface area contributed by atoms with E-state index in [1.807, 2.05) is 25.3 Å². The van der Waals surface area contributed by atoms with Crippen LogP contribution in [0.1, 0.15) is 13.8 Å². The van der Waals surface area contributed by atoms with Gasteiger partial charge in [-0.2, -0.15) is 0 Å². The molecule has 0 radical (unpaired) electrons. The lowest BCUT2D eigenvalue weighted by Gasteiger charge is -1.92. The lowest BCUT2D eigenvalue weighted by Crippen LogP contribution is -2.25. The molecule has 0 fully saturated rings. The fraction of sp³-hybridized carbons (Fsp3) is 0.182. The first-order chi connectivity index (χ1) is 5.79. The molecule has 62 valence electrons. The highest BCUT2D eigenvalue weighted by molar-refractivity contribution is 5.53. The maximum atomic E-state index is 4.05. The first-order valence-corrected chi connectivity index (χ1v) is 3.99. The lowest BCUT2D eigenvalue weighted by atomic mass is 10.2. The summed E-state index contributed by atoms with van der Waals surface area (Å²) in [4.78, 5) is 4.05. The smallest absolute Gasteiger partial charge is 0.0343 e. The van der Waals surface area contributed by atoms with E-state index >= 15 is 0 Å². The van der Waals surface area contributed by atoms with Gasteiger partial charge in [0.05, 0.1) is 0 Å². The summed E-state index contributed by atoms with van der Waals surface area (Å²) in [5, 5.41) is 2.37. The second-order valence-corrected chi connectivity index (χ2v) is 2.64. The zero-order valence-electron chi connectivity index (χ0n) is 7.54. The number of pyridine rings is 1. The Balaban J connectivity index is 3.65. The van der Waals surface area contributed by atoms with Gasteiger partial charge < -0.3 is 0 Å². The van der Waals surface area contributed by atoms with Crippen LogP contribution in [0.4, 0.5) is 0 Å². The Bertz CT molecular complexity index is 388. The Morgan fingerprint density at radius 2 is 2.33 bits per heavy atom. The van der Waals surface area contributed by atoms with Crippen LogP contribution in [-0.4, -0.2) is 4.98 Å². The largest absolute Gasteiger partial charge is 0.264 e. The summed E-state index contributed by atoms with van der Waals surface area (Å²) < 4.78 is 0. The minimum Gasteiger partial charge on any atom is -0.264 e. The summed E-state index contributed by atoms with van der Waals surface area (Å²) in [6.45, 7) is 7.80. The van der Waals surface area contributed by atoms with Crippen LogP contribution in [0.3, 0.4) is 0 Å². The Labute approximate surface area is 72.8 Å². The van der Waals surface area contributed by atoms with E-state index in [1.165, 1.54) is 10.8 Å². The molecule has 1 rings (SSSR count). The average molecular weight is 159 g/mol. The number of nitrogens with zero attached hydrogens (tertiary/aromatic N) is 1. The first kappa shape index (κ1) is 8.72. The number of rotatable bonds is 1. The van der Waals surface area contributed by atoms with Crippen molar-refractivity contribution in [3.63, 3.8) is 0 Å². The van der Waals surface area contributed by atoms with Crippen LogP contribution in [-0.2, 0) is 0 Å². The summed E-state index contributed by atoms with van der Waals surface area (Å²) in [7, 11) is 0. The van der Waals surface area contributed by atoms with E-state index in [0.29, 0.717) is 0 Å². The van der Waals surface area contributed by atoms with Gasteiger partial charge in [0.2, 0.25) is 0 Å². The molecule has 0 aliphatic rings. The second kappa shape index (κ2) is 3.86. The van der Waals surface area contributed by atoms with Crippen molar-refractivity contribution < 1.29 is 0 Å². The third-order valence-corrected chi connectivity index (χ3v) is 1.89.